The van der Waals surface area contributed by atoms with Crippen LogP contribution in [0.15, 0.2) is 24.3 Å². The second kappa shape index (κ2) is 6.25. The highest BCUT2D eigenvalue weighted by Gasteiger charge is 2.29. The Morgan fingerprint density at radius 3 is 2.45 bits per heavy atom. The van der Waals surface area contributed by atoms with Gasteiger partial charge in [-0.25, -0.2) is 9.59 Å². The number of rotatable bonds is 3. The van der Waals surface area contributed by atoms with E-state index in [-0.39, 0.29) is 17.7 Å². The molecule has 0 aliphatic carbocycles. The molecule has 1 fully saturated rings. The van der Waals surface area contributed by atoms with E-state index in [1.807, 2.05) is 20.8 Å². The van der Waals surface area contributed by atoms with Gasteiger partial charge >= 0.3 is 12.1 Å². The SMILES string of the molecule is CC(C)(C)OC(=O)N1CCC(Nc2ccc(C(=O)O)cc2)C1. The van der Waals surface area contributed by atoms with Crippen LogP contribution in [-0.4, -0.2) is 46.8 Å². The van der Waals surface area contributed by atoms with Gasteiger partial charge in [0.1, 0.15) is 5.60 Å². The largest absolute Gasteiger partial charge is 0.478 e. The van der Waals surface area contributed by atoms with Crippen LogP contribution in [0, 0.1) is 0 Å². The van der Waals surface area contributed by atoms with E-state index in [4.69, 9.17) is 9.84 Å². The number of nitrogens with one attached hydrogen (secondary N) is 1. The number of amides is 1. The highest BCUT2D eigenvalue weighted by molar-refractivity contribution is 5.88. The molecule has 1 heterocycles. The molecular formula is C16H22N2O4. The van der Waals surface area contributed by atoms with Crippen molar-refractivity contribution in [1.29, 1.82) is 0 Å². The first-order chi connectivity index (χ1) is 10.2. The maximum atomic E-state index is 12.0. The molecule has 1 aromatic carbocycles. The van der Waals surface area contributed by atoms with Crippen LogP contribution in [-0.2, 0) is 4.74 Å². The lowest BCUT2D eigenvalue weighted by molar-refractivity contribution is 0.0293. The van der Waals surface area contributed by atoms with Crippen LogP contribution >= 0.6 is 0 Å². The molecule has 120 valence electrons. The number of carboxylic acids is 1. The van der Waals surface area contributed by atoms with Gasteiger partial charge in [-0.15, -0.1) is 0 Å². The Labute approximate surface area is 130 Å². The Morgan fingerprint density at radius 1 is 1.27 bits per heavy atom. The van der Waals surface area contributed by atoms with E-state index in [0.29, 0.717) is 13.1 Å². The third kappa shape index (κ3) is 4.38. The van der Waals surface area contributed by atoms with Crippen molar-refractivity contribution in [2.45, 2.75) is 38.8 Å². The summed E-state index contributed by atoms with van der Waals surface area (Å²) in [5.41, 5.74) is 0.614. The molecule has 0 radical (unpaired) electrons. The highest BCUT2D eigenvalue weighted by Crippen LogP contribution is 2.19. The number of hydrogen-bond donors (Lipinski definition) is 2. The highest BCUT2D eigenvalue weighted by atomic mass is 16.6. The molecule has 0 bridgehead atoms. The van der Waals surface area contributed by atoms with Gasteiger partial charge in [0.25, 0.3) is 0 Å². The summed E-state index contributed by atoms with van der Waals surface area (Å²) < 4.78 is 5.36. The first-order valence-electron chi connectivity index (χ1n) is 7.32. The van der Waals surface area contributed by atoms with E-state index in [1.54, 1.807) is 29.2 Å². The van der Waals surface area contributed by atoms with Gasteiger partial charge in [-0.1, -0.05) is 0 Å². The van der Waals surface area contributed by atoms with Crippen molar-refractivity contribution in [3.05, 3.63) is 29.8 Å². The molecule has 1 aliphatic heterocycles. The quantitative estimate of drug-likeness (QED) is 0.897. The fourth-order valence-corrected chi connectivity index (χ4v) is 2.32. The van der Waals surface area contributed by atoms with Gasteiger partial charge in [-0.2, -0.15) is 0 Å². The zero-order valence-corrected chi connectivity index (χ0v) is 13.1. The fourth-order valence-electron chi connectivity index (χ4n) is 2.32. The van der Waals surface area contributed by atoms with E-state index in [1.165, 1.54) is 0 Å². The molecule has 2 N–H and O–H groups in total. The molecule has 0 saturated carbocycles. The normalized spacial score (nSPS) is 18.1. The van der Waals surface area contributed by atoms with Gasteiger partial charge in [0.15, 0.2) is 0 Å². The van der Waals surface area contributed by atoms with Crippen molar-refractivity contribution in [3.8, 4) is 0 Å². The van der Waals surface area contributed by atoms with E-state index < -0.39 is 11.6 Å². The van der Waals surface area contributed by atoms with Gasteiger partial charge in [0, 0.05) is 24.8 Å². The molecule has 6 nitrogen and oxygen atoms in total. The Bertz CT molecular complexity index is 548. The second-order valence-corrected chi connectivity index (χ2v) is 6.44. The van der Waals surface area contributed by atoms with Crippen LogP contribution < -0.4 is 5.32 Å². The maximum absolute atomic E-state index is 12.0. The average molecular weight is 306 g/mol. The van der Waals surface area contributed by atoms with E-state index in [0.717, 1.165) is 12.1 Å². The molecule has 0 aromatic heterocycles. The summed E-state index contributed by atoms with van der Waals surface area (Å²) in [7, 11) is 0. The maximum Gasteiger partial charge on any atom is 0.410 e. The van der Waals surface area contributed by atoms with Crippen molar-refractivity contribution in [3.63, 3.8) is 0 Å². The average Bonchev–Trinajstić information content (AvgIpc) is 2.86. The Balaban J connectivity index is 1.88. The van der Waals surface area contributed by atoms with E-state index in [9.17, 15) is 9.59 Å². The van der Waals surface area contributed by atoms with Crippen LogP contribution in [0.1, 0.15) is 37.6 Å². The smallest absolute Gasteiger partial charge is 0.410 e. The summed E-state index contributed by atoms with van der Waals surface area (Å²) in [5.74, 6) is -0.941. The lowest BCUT2D eigenvalue weighted by atomic mass is 10.2. The Hall–Kier alpha value is -2.24. The number of aromatic carboxylic acids is 1. The van der Waals surface area contributed by atoms with E-state index in [2.05, 4.69) is 5.32 Å². The topological polar surface area (TPSA) is 78.9 Å². The first-order valence-corrected chi connectivity index (χ1v) is 7.32. The number of nitrogens with zero attached hydrogens (tertiary/aromatic N) is 1. The summed E-state index contributed by atoms with van der Waals surface area (Å²) in [6.07, 6.45) is 0.540. The van der Waals surface area contributed by atoms with Crippen molar-refractivity contribution in [2.24, 2.45) is 0 Å². The van der Waals surface area contributed by atoms with Crippen molar-refractivity contribution in [1.82, 2.24) is 4.90 Å². The first kappa shape index (κ1) is 16.1. The molecule has 22 heavy (non-hydrogen) atoms. The van der Waals surface area contributed by atoms with Gasteiger partial charge in [0.05, 0.1) is 5.56 Å². The lowest BCUT2D eigenvalue weighted by Gasteiger charge is -2.24. The molecular weight excluding hydrogens is 284 g/mol. The molecule has 1 atom stereocenters. The van der Waals surface area contributed by atoms with Crippen LogP contribution in [0.4, 0.5) is 10.5 Å². The molecule has 1 amide bonds. The third-order valence-corrected chi connectivity index (χ3v) is 3.34. The minimum Gasteiger partial charge on any atom is -0.478 e. The van der Waals surface area contributed by atoms with Crippen molar-refractivity contribution < 1.29 is 19.4 Å². The number of carboxylic acid groups (broad SMARTS) is 1. The summed E-state index contributed by atoms with van der Waals surface area (Å²) in [6.45, 7) is 6.78. The number of carbonyl (C=O) groups is 2. The molecule has 1 aliphatic rings. The molecule has 1 aromatic rings. The summed E-state index contributed by atoms with van der Waals surface area (Å²) in [5, 5.41) is 12.2. The van der Waals surface area contributed by atoms with Crippen LogP contribution in [0.5, 0.6) is 0 Å². The number of hydrogen-bond acceptors (Lipinski definition) is 4. The summed E-state index contributed by atoms with van der Waals surface area (Å²) in [6, 6.07) is 6.73. The van der Waals surface area contributed by atoms with Crippen LogP contribution in [0.2, 0.25) is 0 Å². The number of benzene rings is 1. The monoisotopic (exact) mass is 306 g/mol. The number of carbonyl (C=O) groups excluding carboxylic acids is 1. The second-order valence-electron chi connectivity index (χ2n) is 6.44. The third-order valence-electron chi connectivity index (χ3n) is 3.34. The molecule has 2 rings (SSSR count). The van der Waals surface area contributed by atoms with Gasteiger partial charge in [-0.05, 0) is 51.5 Å². The predicted molar refractivity (Wildman–Crippen MR) is 83.2 cm³/mol. The van der Waals surface area contributed by atoms with E-state index >= 15 is 0 Å². The van der Waals surface area contributed by atoms with Gasteiger partial charge in [-0.3, -0.25) is 0 Å². The molecule has 1 unspecified atom stereocenters. The Morgan fingerprint density at radius 2 is 1.91 bits per heavy atom. The zero-order chi connectivity index (χ0) is 16.3. The Kier molecular flexibility index (Phi) is 4.59. The summed E-state index contributed by atoms with van der Waals surface area (Å²) in [4.78, 5) is 24.5. The predicted octanol–water partition coefficient (Wildman–Crippen LogP) is 2.81. The van der Waals surface area contributed by atoms with Crippen LogP contribution in [0.25, 0.3) is 0 Å². The lowest BCUT2D eigenvalue weighted by Crippen LogP contribution is -2.36. The zero-order valence-electron chi connectivity index (χ0n) is 13.1. The molecule has 0 spiro atoms. The van der Waals surface area contributed by atoms with Crippen molar-refractivity contribution in [2.75, 3.05) is 18.4 Å². The number of anilines is 1. The standard InChI is InChI=1S/C16H22N2O4/c1-16(2,3)22-15(21)18-9-8-13(10-18)17-12-6-4-11(5-7-12)14(19)20/h4-7,13,17H,8-10H2,1-3H3,(H,19,20). The molecule has 1 saturated heterocycles. The van der Waals surface area contributed by atoms with Gasteiger partial charge < -0.3 is 20.1 Å². The van der Waals surface area contributed by atoms with Crippen molar-refractivity contribution >= 4 is 17.7 Å². The van der Waals surface area contributed by atoms with Crippen LogP contribution in [0.3, 0.4) is 0 Å². The van der Waals surface area contributed by atoms with Gasteiger partial charge in [0.2, 0.25) is 0 Å². The summed E-state index contributed by atoms with van der Waals surface area (Å²) >= 11 is 0. The number of likely N-dealkylation sites (tertiary alicyclic amines) is 1. The fraction of sp³-hybridized carbons (Fsp3) is 0.500. The number of ether oxygens (including phenoxy) is 1. The minimum atomic E-state index is -0.941. The minimum absolute atomic E-state index is 0.142. The molecule has 6 heteroatoms.